The molecule has 47 heavy (non-hydrogen) atoms. The molecule has 5 aliphatic carbocycles. The fourth-order valence-corrected chi connectivity index (χ4v) is 12.5. The van der Waals surface area contributed by atoms with E-state index in [1.807, 2.05) is 0 Å². The molecule has 0 spiro atoms. The smallest absolute Gasteiger partial charge is 0.322 e. The third kappa shape index (κ3) is 6.09. The molecule has 4 N–H and O–H groups in total. The van der Waals surface area contributed by atoms with Gasteiger partial charge in [0.25, 0.3) is 0 Å². The van der Waals surface area contributed by atoms with Crippen molar-refractivity contribution < 1.29 is 34.1 Å². The van der Waals surface area contributed by atoms with Crippen LogP contribution in [0.5, 0.6) is 0 Å². The third-order valence-corrected chi connectivity index (χ3v) is 15.1. The number of hydrogen-bond donors (Lipinski definition) is 4. The first kappa shape index (κ1) is 36.3. The van der Waals surface area contributed by atoms with Crippen molar-refractivity contribution in [3.63, 3.8) is 0 Å². The van der Waals surface area contributed by atoms with E-state index in [2.05, 4.69) is 58.8 Å². The molecule has 9 nitrogen and oxygen atoms in total. The van der Waals surface area contributed by atoms with Crippen LogP contribution in [0.4, 0.5) is 0 Å². The van der Waals surface area contributed by atoms with Gasteiger partial charge in [-0.15, -0.1) is 0 Å². The van der Waals surface area contributed by atoms with E-state index >= 15 is 0 Å². The van der Waals surface area contributed by atoms with Gasteiger partial charge in [0, 0.05) is 6.54 Å². The number of aliphatic hydroxyl groups excluding tert-OH is 1. The van der Waals surface area contributed by atoms with E-state index in [0.717, 1.165) is 38.5 Å². The summed E-state index contributed by atoms with van der Waals surface area (Å²) >= 11 is 0. The molecule has 5 fully saturated rings. The Bertz CT molecular complexity index is 1220. The van der Waals surface area contributed by atoms with Gasteiger partial charge in [0.2, 0.25) is 11.8 Å². The first-order chi connectivity index (χ1) is 22.0. The average molecular weight is 659 g/mol. The summed E-state index contributed by atoms with van der Waals surface area (Å²) in [6.07, 6.45) is 10.5. The molecular formula is C38H62N2O7. The highest BCUT2D eigenvalue weighted by Crippen LogP contribution is 2.77. The summed E-state index contributed by atoms with van der Waals surface area (Å²) in [6, 6.07) is 0. The lowest BCUT2D eigenvalue weighted by molar-refractivity contribution is -0.246. The lowest BCUT2D eigenvalue weighted by atomic mass is 9.32. The zero-order valence-electron chi connectivity index (χ0n) is 29.9. The van der Waals surface area contributed by atoms with Crippen LogP contribution < -0.4 is 10.6 Å². The Morgan fingerprint density at radius 2 is 1.53 bits per heavy atom. The zero-order valence-corrected chi connectivity index (χ0v) is 29.9. The Hall–Kier alpha value is -1.97. The first-order valence-corrected chi connectivity index (χ1v) is 18.3. The minimum absolute atomic E-state index is 0.0566. The topological polar surface area (TPSA) is 134 Å². The second-order valence-electron chi connectivity index (χ2n) is 17.3. The van der Waals surface area contributed by atoms with E-state index in [-0.39, 0.29) is 58.9 Å². The van der Waals surface area contributed by atoms with Crippen molar-refractivity contribution in [2.75, 3.05) is 39.5 Å². The van der Waals surface area contributed by atoms with Crippen molar-refractivity contribution in [3.8, 4) is 0 Å². The number of amides is 2. The molecule has 9 heteroatoms. The van der Waals surface area contributed by atoms with E-state index < -0.39 is 18.4 Å². The molecule has 0 aliphatic heterocycles. The van der Waals surface area contributed by atoms with E-state index in [4.69, 9.17) is 14.6 Å². The molecular weight excluding hydrogens is 596 g/mol. The van der Waals surface area contributed by atoms with E-state index in [9.17, 15) is 19.5 Å². The van der Waals surface area contributed by atoms with Crippen molar-refractivity contribution in [1.82, 2.24) is 10.6 Å². The monoisotopic (exact) mass is 658 g/mol. The summed E-state index contributed by atoms with van der Waals surface area (Å²) in [4.78, 5) is 36.3. The molecule has 2 amide bonds. The zero-order chi connectivity index (χ0) is 34.4. The third-order valence-electron chi connectivity index (χ3n) is 15.1. The van der Waals surface area contributed by atoms with E-state index in [0.29, 0.717) is 42.7 Å². The van der Waals surface area contributed by atoms with Crippen molar-refractivity contribution in [3.05, 3.63) is 12.2 Å². The number of ether oxygens (including phenoxy) is 2. The van der Waals surface area contributed by atoms with Crippen LogP contribution in [-0.4, -0.2) is 73.6 Å². The quantitative estimate of drug-likeness (QED) is 0.164. The number of aliphatic hydroxyl groups is 1. The highest BCUT2D eigenvalue weighted by molar-refractivity contribution is 5.84. The molecule has 0 aromatic heterocycles. The maximum Gasteiger partial charge on any atom is 0.322 e. The number of allylic oxidation sites excluding steroid dienone is 1. The van der Waals surface area contributed by atoms with E-state index in [1.165, 1.54) is 31.3 Å². The molecule has 5 saturated carbocycles. The normalized spacial score (nSPS) is 41.9. The number of nitrogens with one attached hydrogen (secondary N) is 2. The molecule has 0 saturated heterocycles. The molecule has 5 aliphatic rings. The number of hydrogen-bond acceptors (Lipinski definition) is 6. The van der Waals surface area contributed by atoms with Gasteiger partial charge in [-0.05, 0) is 122 Å². The number of aliphatic carboxylic acids is 1. The summed E-state index contributed by atoms with van der Waals surface area (Å²) in [5.41, 5.74) is 1.39. The molecule has 0 aromatic rings. The van der Waals surface area contributed by atoms with Crippen molar-refractivity contribution in [1.29, 1.82) is 0 Å². The summed E-state index contributed by atoms with van der Waals surface area (Å²) in [5.74, 6) is 0.906. The molecule has 0 aromatic carbocycles. The largest absolute Gasteiger partial charge is 0.480 e. The number of carbonyl (C=O) groups is 3. The average Bonchev–Trinajstić information content (AvgIpc) is 3.41. The fourth-order valence-electron chi connectivity index (χ4n) is 12.5. The highest BCUT2D eigenvalue weighted by atomic mass is 16.5. The lowest BCUT2D eigenvalue weighted by Gasteiger charge is -2.72. The van der Waals surface area contributed by atoms with Crippen LogP contribution in [0, 0.1) is 56.7 Å². The lowest BCUT2D eigenvalue weighted by Crippen LogP contribution is -2.67. The molecule has 5 rings (SSSR count). The van der Waals surface area contributed by atoms with Gasteiger partial charge in [-0.1, -0.05) is 46.8 Å². The number of fused-ring (bicyclic) bond motifs is 7. The van der Waals surface area contributed by atoms with Crippen LogP contribution in [0.2, 0.25) is 0 Å². The van der Waals surface area contributed by atoms with Gasteiger partial charge in [-0.3, -0.25) is 14.4 Å². The SMILES string of the molecule is C=C(C)[C@@H]1CC[C@]2(C(=O)NCCOCCOCC(=O)NCC(=O)O)CC[C@]3(C)[C@H](CC[C@@H]4[C@@]5(C)CC[C@H](O)C(C)(C)[C@@H]5CC[C@]43C)[C@@H]12. The van der Waals surface area contributed by atoms with E-state index in [1.54, 1.807) is 0 Å². The summed E-state index contributed by atoms with van der Waals surface area (Å²) in [7, 11) is 0. The number of carboxylic acids is 1. The molecule has 0 unspecified atom stereocenters. The summed E-state index contributed by atoms with van der Waals surface area (Å²) < 4.78 is 10.9. The fraction of sp³-hybridized carbons (Fsp3) is 0.868. The Morgan fingerprint density at radius 3 is 2.23 bits per heavy atom. The van der Waals surface area contributed by atoms with Crippen molar-refractivity contribution in [2.45, 2.75) is 112 Å². The standard InChI is InChI=1S/C38H62N2O7/c1-24(2)25-10-15-38(33(45)39-18-19-46-20-21-47-23-30(42)40-22-31(43)44)17-16-36(6)26(32(25)38)8-9-28-35(5)13-12-29(41)34(3,4)27(35)11-14-37(28,36)7/h25-29,32,41H,1,8-23H2,2-7H3,(H,39,45)(H,40,42)(H,43,44)/t25-,26+,27-,28+,29-,32+,35-,36+,37+,38-/m0/s1. The Kier molecular flexibility index (Phi) is 10.3. The first-order valence-electron chi connectivity index (χ1n) is 18.3. The summed E-state index contributed by atoms with van der Waals surface area (Å²) in [5, 5.41) is 25.2. The Labute approximate surface area is 282 Å². The van der Waals surface area contributed by atoms with Crippen LogP contribution in [-0.2, 0) is 23.9 Å². The maximum atomic E-state index is 14.2. The highest BCUT2D eigenvalue weighted by Gasteiger charge is 2.71. The van der Waals surface area contributed by atoms with Gasteiger partial charge in [-0.2, -0.15) is 0 Å². The van der Waals surface area contributed by atoms with Gasteiger partial charge >= 0.3 is 5.97 Å². The number of rotatable bonds is 12. The second kappa shape index (κ2) is 13.4. The van der Waals surface area contributed by atoms with Gasteiger partial charge in [0.15, 0.2) is 0 Å². The molecule has 0 bridgehead atoms. The van der Waals surface area contributed by atoms with Crippen LogP contribution in [0.1, 0.15) is 106 Å². The van der Waals surface area contributed by atoms with Crippen LogP contribution in [0.15, 0.2) is 12.2 Å². The van der Waals surface area contributed by atoms with Crippen LogP contribution in [0.25, 0.3) is 0 Å². The molecule has 0 radical (unpaired) electrons. The van der Waals surface area contributed by atoms with Crippen LogP contribution >= 0.6 is 0 Å². The van der Waals surface area contributed by atoms with Crippen LogP contribution in [0.3, 0.4) is 0 Å². The maximum absolute atomic E-state index is 14.2. The minimum Gasteiger partial charge on any atom is -0.480 e. The minimum atomic E-state index is -1.10. The van der Waals surface area contributed by atoms with Gasteiger partial charge in [-0.25, -0.2) is 0 Å². The predicted octanol–water partition coefficient (Wildman–Crippen LogP) is 5.36. The van der Waals surface area contributed by atoms with Gasteiger partial charge < -0.3 is 30.3 Å². The number of carboxylic acid groups (broad SMARTS) is 1. The predicted molar refractivity (Wildman–Crippen MR) is 180 cm³/mol. The van der Waals surface area contributed by atoms with Gasteiger partial charge in [0.05, 0.1) is 31.3 Å². The molecule has 10 atom stereocenters. The second-order valence-corrected chi connectivity index (χ2v) is 17.3. The van der Waals surface area contributed by atoms with Gasteiger partial charge in [0.1, 0.15) is 13.2 Å². The van der Waals surface area contributed by atoms with Crippen molar-refractivity contribution in [2.24, 2.45) is 56.7 Å². The number of carbonyl (C=O) groups excluding carboxylic acids is 2. The Balaban J connectivity index is 1.23. The molecule has 0 heterocycles. The van der Waals surface area contributed by atoms with Crippen molar-refractivity contribution >= 4 is 17.8 Å². The summed E-state index contributed by atoms with van der Waals surface area (Å²) in [6.45, 7) is 19.7. The molecule has 266 valence electrons. The Morgan fingerprint density at radius 1 is 0.809 bits per heavy atom.